The molecule has 0 amide bonds. The molecule has 0 spiro atoms. The fraction of sp³-hybridized carbons (Fsp3) is 0.556. The van der Waals surface area contributed by atoms with Gasteiger partial charge >= 0.3 is 0 Å². The van der Waals surface area contributed by atoms with E-state index in [0.717, 1.165) is 24.4 Å². The minimum Gasteiger partial charge on any atom is -0.326 e. The van der Waals surface area contributed by atoms with Crippen molar-refractivity contribution in [1.82, 2.24) is 9.55 Å². The molecule has 0 fully saturated rings. The van der Waals surface area contributed by atoms with E-state index in [1.54, 1.807) is 0 Å². The van der Waals surface area contributed by atoms with Gasteiger partial charge in [0.05, 0.1) is 5.69 Å². The summed E-state index contributed by atoms with van der Waals surface area (Å²) < 4.78 is 2.03. The Hall–Kier alpha value is -1.12. The Morgan fingerprint density at radius 2 is 2.17 bits per heavy atom. The normalized spacial score (nSPS) is 16.3. The first kappa shape index (κ1) is 7.53. The molecule has 2 rings (SSSR count). The molecular weight excluding hydrogens is 152 g/mol. The molecule has 0 atom stereocenters. The lowest BCUT2D eigenvalue weighted by atomic mass is 10.1. The number of rotatable bonds is 0. The van der Waals surface area contributed by atoms with E-state index in [-0.39, 0.29) is 5.78 Å². The molecule has 1 aromatic heterocycles. The zero-order chi connectivity index (χ0) is 8.72. The van der Waals surface area contributed by atoms with Gasteiger partial charge in [0.25, 0.3) is 0 Å². The van der Waals surface area contributed by atoms with Crippen LogP contribution in [0.4, 0.5) is 0 Å². The number of imidazole rings is 1. The van der Waals surface area contributed by atoms with Crippen LogP contribution in [0, 0.1) is 13.8 Å². The van der Waals surface area contributed by atoms with E-state index in [0.29, 0.717) is 12.2 Å². The summed E-state index contributed by atoms with van der Waals surface area (Å²) in [5.74, 6) is 0.855. The molecule has 0 aliphatic carbocycles. The molecule has 0 saturated carbocycles. The monoisotopic (exact) mass is 164 g/mol. The van der Waals surface area contributed by atoms with E-state index in [4.69, 9.17) is 0 Å². The van der Waals surface area contributed by atoms with E-state index < -0.39 is 0 Å². The Morgan fingerprint density at radius 3 is 2.83 bits per heavy atom. The second-order valence-corrected chi connectivity index (χ2v) is 3.28. The molecule has 1 aromatic rings. The molecule has 0 radical (unpaired) electrons. The predicted octanol–water partition coefficient (Wildman–Crippen LogP) is 1.48. The topological polar surface area (TPSA) is 34.9 Å². The number of carbonyl (C=O) groups is 1. The molecule has 3 heteroatoms. The third-order valence-corrected chi connectivity index (χ3v) is 2.49. The lowest BCUT2D eigenvalue weighted by molar-refractivity contribution is 0.0948. The van der Waals surface area contributed by atoms with Crippen LogP contribution in [-0.4, -0.2) is 15.3 Å². The van der Waals surface area contributed by atoms with Gasteiger partial charge in [0.15, 0.2) is 11.6 Å². The number of ketones is 1. The number of carbonyl (C=O) groups excluding carboxylic acids is 1. The molecule has 0 bridgehead atoms. The highest BCUT2D eigenvalue weighted by molar-refractivity contribution is 5.93. The highest BCUT2D eigenvalue weighted by Crippen LogP contribution is 2.18. The van der Waals surface area contributed by atoms with Crippen LogP contribution < -0.4 is 0 Å². The summed E-state index contributed by atoms with van der Waals surface area (Å²) in [6, 6.07) is 0. The van der Waals surface area contributed by atoms with Crippen LogP contribution in [0.2, 0.25) is 0 Å². The van der Waals surface area contributed by atoms with Gasteiger partial charge in [-0.3, -0.25) is 4.79 Å². The second kappa shape index (κ2) is 2.44. The number of hydrogen-bond acceptors (Lipinski definition) is 2. The predicted molar refractivity (Wildman–Crippen MR) is 45.3 cm³/mol. The smallest absolute Gasteiger partial charge is 0.198 e. The molecule has 0 N–H and O–H groups in total. The zero-order valence-electron chi connectivity index (χ0n) is 7.42. The molecule has 12 heavy (non-hydrogen) atoms. The minimum atomic E-state index is 0.192. The summed E-state index contributed by atoms with van der Waals surface area (Å²) in [5, 5.41) is 0. The lowest BCUT2D eigenvalue weighted by Gasteiger charge is -2.13. The SMILES string of the molecule is Cc1nc2n(c1C)CCCC2=O. The molecule has 1 aliphatic heterocycles. The van der Waals surface area contributed by atoms with Crippen LogP contribution >= 0.6 is 0 Å². The van der Waals surface area contributed by atoms with E-state index in [2.05, 4.69) is 4.98 Å². The van der Waals surface area contributed by atoms with E-state index in [1.807, 2.05) is 18.4 Å². The van der Waals surface area contributed by atoms with Crippen molar-refractivity contribution in [2.24, 2.45) is 0 Å². The Bertz CT molecular complexity index is 339. The van der Waals surface area contributed by atoms with Crippen LogP contribution in [0.1, 0.15) is 34.8 Å². The first-order valence-corrected chi connectivity index (χ1v) is 4.27. The fourth-order valence-corrected chi connectivity index (χ4v) is 1.65. The molecule has 1 aliphatic rings. The Morgan fingerprint density at radius 1 is 1.42 bits per heavy atom. The van der Waals surface area contributed by atoms with Gasteiger partial charge in [-0.1, -0.05) is 0 Å². The highest BCUT2D eigenvalue weighted by Gasteiger charge is 2.21. The molecule has 64 valence electrons. The number of nitrogens with zero attached hydrogens (tertiary/aromatic N) is 2. The van der Waals surface area contributed by atoms with Crippen molar-refractivity contribution in [2.45, 2.75) is 33.2 Å². The van der Waals surface area contributed by atoms with Crippen LogP contribution in [0.15, 0.2) is 0 Å². The van der Waals surface area contributed by atoms with Gasteiger partial charge in [-0.15, -0.1) is 0 Å². The summed E-state index contributed by atoms with van der Waals surface area (Å²) >= 11 is 0. The van der Waals surface area contributed by atoms with Gasteiger partial charge in [-0.25, -0.2) is 4.98 Å². The van der Waals surface area contributed by atoms with Gasteiger partial charge in [0.2, 0.25) is 0 Å². The van der Waals surface area contributed by atoms with Crippen LogP contribution in [0.5, 0.6) is 0 Å². The third-order valence-electron chi connectivity index (χ3n) is 2.49. The van der Waals surface area contributed by atoms with Gasteiger partial charge in [-0.2, -0.15) is 0 Å². The van der Waals surface area contributed by atoms with Gasteiger partial charge in [-0.05, 0) is 20.3 Å². The molecule has 0 saturated heterocycles. The minimum absolute atomic E-state index is 0.192. The number of fused-ring (bicyclic) bond motifs is 1. The third kappa shape index (κ3) is 0.891. The second-order valence-electron chi connectivity index (χ2n) is 3.28. The average molecular weight is 164 g/mol. The molecular formula is C9H12N2O. The zero-order valence-corrected chi connectivity index (χ0v) is 7.42. The van der Waals surface area contributed by atoms with Crippen molar-refractivity contribution in [3.8, 4) is 0 Å². The maximum Gasteiger partial charge on any atom is 0.198 e. The number of aryl methyl sites for hydroxylation is 1. The number of hydrogen-bond donors (Lipinski definition) is 0. The lowest BCUT2D eigenvalue weighted by Crippen LogP contribution is -2.17. The fourth-order valence-electron chi connectivity index (χ4n) is 1.65. The van der Waals surface area contributed by atoms with Crippen LogP contribution in [-0.2, 0) is 6.54 Å². The van der Waals surface area contributed by atoms with Crippen molar-refractivity contribution >= 4 is 5.78 Å². The number of aromatic nitrogens is 2. The van der Waals surface area contributed by atoms with Crippen molar-refractivity contribution in [1.29, 1.82) is 0 Å². The van der Waals surface area contributed by atoms with E-state index >= 15 is 0 Å². The average Bonchev–Trinajstić information content (AvgIpc) is 2.32. The van der Waals surface area contributed by atoms with Crippen molar-refractivity contribution < 1.29 is 4.79 Å². The number of Topliss-reactive ketones (excluding diaryl/α,β-unsaturated/α-hetero) is 1. The van der Waals surface area contributed by atoms with Gasteiger partial charge in [0.1, 0.15) is 0 Å². The molecule has 2 heterocycles. The van der Waals surface area contributed by atoms with Crippen LogP contribution in [0.25, 0.3) is 0 Å². The summed E-state index contributed by atoms with van der Waals surface area (Å²) in [7, 11) is 0. The van der Waals surface area contributed by atoms with E-state index in [1.165, 1.54) is 0 Å². The summed E-state index contributed by atoms with van der Waals surface area (Å²) in [6.07, 6.45) is 1.62. The maximum absolute atomic E-state index is 11.4. The largest absolute Gasteiger partial charge is 0.326 e. The maximum atomic E-state index is 11.4. The van der Waals surface area contributed by atoms with Gasteiger partial charge in [0, 0.05) is 18.7 Å². The van der Waals surface area contributed by atoms with Crippen molar-refractivity contribution in [3.63, 3.8) is 0 Å². The van der Waals surface area contributed by atoms with E-state index in [9.17, 15) is 4.79 Å². The Labute approximate surface area is 71.4 Å². The van der Waals surface area contributed by atoms with Crippen LogP contribution in [0.3, 0.4) is 0 Å². The van der Waals surface area contributed by atoms with Crippen molar-refractivity contribution in [3.05, 3.63) is 17.2 Å². The molecule has 3 nitrogen and oxygen atoms in total. The highest BCUT2D eigenvalue weighted by atomic mass is 16.1. The summed E-state index contributed by atoms with van der Waals surface area (Å²) in [5.41, 5.74) is 2.12. The summed E-state index contributed by atoms with van der Waals surface area (Å²) in [6.45, 7) is 4.92. The molecule has 0 aromatic carbocycles. The molecule has 0 unspecified atom stereocenters. The quantitative estimate of drug-likeness (QED) is 0.582. The first-order valence-electron chi connectivity index (χ1n) is 4.27. The first-order chi connectivity index (χ1) is 5.70. The Balaban J connectivity index is 2.60. The van der Waals surface area contributed by atoms with Crippen molar-refractivity contribution in [2.75, 3.05) is 0 Å². The Kier molecular flexibility index (Phi) is 1.53. The van der Waals surface area contributed by atoms with Gasteiger partial charge < -0.3 is 4.57 Å². The summed E-state index contributed by atoms with van der Waals surface area (Å²) in [4.78, 5) is 15.6. The standard InChI is InChI=1S/C9H12N2O/c1-6-7(2)11-5-3-4-8(12)9(11)10-6/h3-5H2,1-2H3.